The third-order valence-electron chi connectivity index (χ3n) is 4.71. The Morgan fingerprint density at radius 2 is 1.93 bits per heavy atom. The second kappa shape index (κ2) is 8.82. The van der Waals surface area contributed by atoms with Gasteiger partial charge in [0.05, 0.1) is 17.9 Å². The van der Waals surface area contributed by atoms with Crippen molar-refractivity contribution in [3.05, 3.63) is 58.0 Å². The molecule has 1 aliphatic rings. The van der Waals surface area contributed by atoms with Gasteiger partial charge in [-0.2, -0.15) is 5.10 Å². The molecule has 1 atom stereocenters. The van der Waals surface area contributed by atoms with E-state index in [4.69, 9.17) is 4.74 Å². The molecule has 1 heterocycles. The van der Waals surface area contributed by atoms with Gasteiger partial charge in [0.2, 0.25) is 5.91 Å². The Labute approximate surface area is 163 Å². The zero-order chi connectivity index (χ0) is 20.1. The summed E-state index contributed by atoms with van der Waals surface area (Å²) in [6.45, 7) is 4.06. The number of ether oxygens (including phenoxy) is 1. The summed E-state index contributed by atoms with van der Waals surface area (Å²) >= 11 is 0. The molecule has 0 saturated heterocycles. The van der Waals surface area contributed by atoms with Gasteiger partial charge in [-0.1, -0.05) is 13.3 Å². The Kier molecular flexibility index (Phi) is 6.23. The van der Waals surface area contributed by atoms with Crippen molar-refractivity contribution >= 4 is 17.6 Å². The number of carbonyl (C=O) groups is 2. The van der Waals surface area contributed by atoms with Crippen LogP contribution in [0.25, 0.3) is 0 Å². The minimum Gasteiger partial charge on any atom is -0.462 e. The molecule has 28 heavy (non-hydrogen) atoms. The van der Waals surface area contributed by atoms with E-state index < -0.39 is 6.04 Å². The van der Waals surface area contributed by atoms with Gasteiger partial charge in [-0.25, -0.2) is 9.48 Å². The first-order valence-electron chi connectivity index (χ1n) is 9.67. The molecule has 1 aliphatic carbocycles. The molecule has 7 heteroatoms. The maximum atomic E-state index is 12.6. The maximum absolute atomic E-state index is 12.6. The number of benzene rings is 1. The first-order valence-corrected chi connectivity index (χ1v) is 9.67. The topological polar surface area (TPSA) is 90.3 Å². The molecular weight excluding hydrogens is 358 g/mol. The highest BCUT2D eigenvalue weighted by Gasteiger charge is 2.27. The lowest BCUT2D eigenvalue weighted by Crippen LogP contribution is -2.33. The molecule has 1 aromatic heterocycles. The van der Waals surface area contributed by atoms with Gasteiger partial charge in [-0.05, 0) is 56.5 Å². The van der Waals surface area contributed by atoms with Crippen LogP contribution in [0, 0.1) is 0 Å². The third-order valence-corrected chi connectivity index (χ3v) is 4.71. The second-order valence-corrected chi connectivity index (χ2v) is 7.05. The number of carbonyl (C=O) groups excluding carboxylic acids is 2. The summed E-state index contributed by atoms with van der Waals surface area (Å²) in [4.78, 5) is 36.6. The van der Waals surface area contributed by atoms with Gasteiger partial charge in [0, 0.05) is 17.7 Å². The number of esters is 1. The predicted octanol–water partition coefficient (Wildman–Crippen LogP) is 3.28. The van der Waals surface area contributed by atoms with Crippen LogP contribution in [0.15, 0.2) is 41.2 Å². The van der Waals surface area contributed by atoms with Crippen molar-refractivity contribution < 1.29 is 14.3 Å². The summed E-state index contributed by atoms with van der Waals surface area (Å²) < 4.78 is 6.39. The fourth-order valence-electron chi connectivity index (χ4n) is 2.75. The Bertz CT molecular complexity index is 901. The monoisotopic (exact) mass is 383 g/mol. The second-order valence-electron chi connectivity index (χ2n) is 7.05. The average Bonchev–Trinajstić information content (AvgIpc) is 3.54. The number of nitrogens with one attached hydrogen (secondary N) is 1. The molecule has 1 fully saturated rings. The van der Waals surface area contributed by atoms with Crippen LogP contribution in [0.4, 0.5) is 5.69 Å². The molecule has 1 saturated carbocycles. The standard InChI is InChI=1S/C21H25N3O4/c1-3-4-13-28-21(27)16-7-9-17(10-8-16)22-20(26)14(2)24-19(25)12-11-18(23-24)15-5-6-15/h7-12,14-15H,3-6,13H2,1-2H3,(H,22,26). The molecule has 2 aromatic rings. The summed E-state index contributed by atoms with van der Waals surface area (Å²) in [7, 11) is 0. The van der Waals surface area contributed by atoms with Crippen molar-refractivity contribution in [2.75, 3.05) is 11.9 Å². The third kappa shape index (κ3) is 4.85. The Balaban J connectivity index is 1.63. The van der Waals surface area contributed by atoms with Crippen molar-refractivity contribution in [1.82, 2.24) is 9.78 Å². The van der Waals surface area contributed by atoms with Gasteiger partial charge in [-0.15, -0.1) is 0 Å². The molecule has 0 spiro atoms. The minimum atomic E-state index is -0.745. The number of rotatable bonds is 8. The summed E-state index contributed by atoms with van der Waals surface area (Å²) in [6, 6.07) is 8.93. The highest BCUT2D eigenvalue weighted by molar-refractivity contribution is 5.94. The van der Waals surface area contributed by atoms with E-state index in [2.05, 4.69) is 10.4 Å². The lowest BCUT2D eigenvalue weighted by atomic mass is 10.2. The van der Waals surface area contributed by atoms with Crippen LogP contribution in [-0.2, 0) is 9.53 Å². The Hall–Kier alpha value is -2.96. The van der Waals surface area contributed by atoms with E-state index in [0.717, 1.165) is 31.4 Å². The number of hydrogen-bond acceptors (Lipinski definition) is 5. The van der Waals surface area contributed by atoms with E-state index in [0.29, 0.717) is 23.8 Å². The van der Waals surface area contributed by atoms with Gasteiger partial charge < -0.3 is 10.1 Å². The quantitative estimate of drug-likeness (QED) is 0.558. The fourth-order valence-corrected chi connectivity index (χ4v) is 2.75. The summed E-state index contributed by atoms with van der Waals surface area (Å²) in [5.41, 5.74) is 1.51. The molecule has 148 valence electrons. The van der Waals surface area contributed by atoms with E-state index in [1.54, 1.807) is 37.3 Å². The zero-order valence-corrected chi connectivity index (χ0v) is 16.2. The van der Waals surface area contributed by atoms with Crippen LogP contribution in [0.1, 0.15) is 67.5 Å². The Morgan fingerprint density at radius 1 is 1.21 bits per heavy atom. The summed E-state index contributed by atoms with van der Waals surface area (Å²) in [5, 5.41) is 7.11. The van der Waals surface area contributed by atoms with E-state index in [9.17, 15) is 14.4 Å². The van der Waals surface area contributed by atoms with Crippen LogP contribution < -0.4 is 10.9 Å². The Morgan fingerprint density at radius 3 is 2.57 bits per heavy atom. The van der Waals surface area contributed by atoms with Crippen LogP contribution in [0.5, 0.6) is 0 Å². The number of anilines is 1. The number of nitrogens with zero attached hydrogens (tertiary/aromatic N) is 2. The summed E-state index contributed by atoms with van der Waals surface area (Å²) in [6.07, 6.45) is 3.92. The van der Waals surface area contributed by atoms with Gasteiger partial charge in [0.15, 0.2) is 0 Å². The van der Waals surface area contributed by atoms with Crippen molar-refractivity contribution in [3.63, 3.8) is 0 Å². The van der Waals surface area contributed by atoms with Crippen LogP contribution >= 0.6 is 0 Å². The number of aromatic nitrogens is 2. The zero-order valence-electron chi connectivity index (χ0n) is 16.2. The number of unbranched alkanes of at least 4 members (excludes halogenated alkanes) is 1. The summed E-state index contributed by atoms with van der Waals surface area (Å²) in [5.74, 6) is -0.333. The molecular formula is C21H25N3O4. The SMILES string of the molecule is CCCCOC(=O)c1ccc(NC(=O)C(C)n2nc(C3CC3)ccc2=O)cc1. The molecule has 1 amide bonds. The van der Waals surface area contributed by atoms with Gasteiger partial charge >= 0.3 is 5.97 Å². The number of amides is 1. The minimum absolute atomic E-state index is 0.308. The molecule has 1 N–H and O–H groups in total. The normalized spacial score (nSPS) is 14.4. The van der Waals surface area contributed by atoms with Crippen LogP contribution in [0.2, 0.25) is 0 Å². The molecule has 1 aromatic carbocycles. The average molecular weight is 383 g/mol. The van der Waals surface area contributed by atoms with Crippen molar-refractivity contribution in [2.45, 2.75) is 51.5 Å². The fraction of sp³-hybridized carbons (Fsp3) is 0.429. The van der Waals surface area contributed by atoms with E-state index in [-0.39, 0.29) is 17.4 Å². The van der Waals surface area contributed by atoms with E-state index in [1.807, 2.05) is 6.92 Å². The van der Waals surface area contributed by atoms with Gasteiger partial charge in [-0.3, -0.25) is 9.59 Å². The van der Waals surface area contributed by atoms with E-state index in [1.165, 1.54) is 10.7 Å². The number of hydrogen-bond donors (Lipinski definition) is 1. The van der Waals surface area contributed by atoms with Crippen molar-refractivity contribution in [1.29, 1.82) is 0 Å². The highest BCUT2D eigenvalue weighted by atomic mass is 16.5. The lowest BCUT2D eigenvalue weighted by molar-refractivity contribution is -0.119. The van der Waals surface area contributed by atoms with Gasteiger partial charge in [0.25, 0.3) is 5.56 Å². The molecule has 3 rings (SSSR count). The first kappa shape index (κ1) is 19.8. The molecule has 1 unspecified atom stereocenters. The maximum Gasteiger partial charge on any atom is 0.338 e. The van der Waals surface area contributed by atoms with E-state index >= 15 is 0 Å². The van der Waals surface area contributed by atoms with Gasteiger partial charge in [0.1, 0.15) is 6.04 Å². The first-order chi connectivity index (χ1) is 13.5. The molecule has 0 aliphatic heterocycles. The highest BCUT2D eigenvalue weighted by Crippen LogP contribution is 2.38. The predicted molar refractivity (Wildman–Crippen MR) is 105 cm³/mol. The van der Waals surface area contributed by atoms with Crippen LogP contribution in [-0.4, -0.2) is 28.3 Å². The van der Waals surface area contributed by atoms with Crippen LogP contribution in [0.3, 0.4) is 0 Å². The van der Waals surface area contributed by atoms with Crippen molar-refractivity contribution in [2.24, 2.45) is 0 Å². The smallest absolute Gasteiger partial charge is 0.338 e. The largest absolute Gasteiger partial charge is 0.462 e. The lowest BCUT2D eigenvalue weighted by Gasteiger charge is -2.15. The molecule has 7 nitrogen and oxygen atoms in total. The molecule has 0 radical (unpaired) electrons. The van der Waals surface area contributed by atoms with Crippen molar-refractivity contribution in [3.8, 4) is 0 Å². The molecule has 0 bridgehead atoms.